The van der Waals surface area contributed by atoms with Crippen molar-refractivity contribution in [3.05, 3.63) is 65.7 Å². The van der Waals surface area contributed by atoms with Crippen molar-refractivity contribution in [2.24, 2.45) is 0 Å². The third-order valence-corrected chi connectivity index (χ3v) is 6.04. The Bertz CT molecular complexity index is 677. The van der Waals surface area contributed by atoms with E-state index in [9.17, 15) is 14.4 Å². The van der Waals surface area contributed by atoms with Crippen LogP contribution in [0.15, 0.2) is 54.6 Å². The van der Waals surface area contributed by atoms with Gasteiger partial charge in [0.25, 0.3) is 0 Å². The lowest BCUT2D eigenvalue weighted by atomic mass is 10.0. The third-order valence-electron chi connectivity index (χ3n) is 4.24. The first kappa shape index (κ1) is 14.3. The molecule has 4 nitrogen and oxygen atoms in total. The van der Waals surface area contributed by atoms with Gasteiger partial charge in [-0.2, -0.15) is 0 Å². The van der Waals surface area contributed by atoms with Crippen molar-refractivity contribution in [3.63, 3.8) is 0 Å². The zero-order valence-electron chi connectivity index (χ0n) is 11.6. The van der Waals surface area contributed by atoms with E-state index in [0.717, 1.165) is 11.3 Å². The molecule has 2 N–H and O–H groups in total. The van der Waals surface area contributed by atoms with Crippen molar-refractivity contribution in [2.45, 2.75) is 17.5 Å². The number of hydrogen-bond donors (Lipinski definition) is 2. The Morgan fingerprint density at radius 1 is 1.10 bits per heavy atom. The highest BCUT2D eigenvalue weighted by molar-refractivity contribution is 7.53. The normalized spacial score (nSPS) is 24.6. The number of hydrogen-bond acceptors (Lipinski definition) is 2. The van der Waals surface area contributed by atoms with Gasteiger partial charge >= 0.3 is 7.60 Å². The molecule has 5 heteroatoms. The summed E-state index contributed by atoms with van der Waals surface area (Å²) in [6, 6.07) is 16.5. The van der Waals surface area contributed by atoms with Crippen LogP contribution in [0, 0.1) is 0 Å². The maximum absolute atomic E-state index is 12.1. The van der Waals surface area contributed by atoms with E-state index in [0.29, 0.717) is 12.0 Å². The molecule has 1 aliphatic rings. The lowest BCUT2D eigenvalue weighted by Crippen LogP contribution is -2.10. The van der Waals surface area contributed by atoms with Gasteiger partial charge in [0.15, 0.2) is 0 Å². The van der Waals surface area contributed by atoms with Gasteiger partial charge in [-0.05, 0) is 29.7 Å². The highest BCUT2D eigenvalue weighted by atomic mass is 31.2. The quantitative estimate of drug-likeness (QED) is 0.851. The highest BCUT2D eigenvalue weighted by Crippen LogP contribution is 2.78. The van der Waals surface area contributed by atoms with Crippen LogP contribution < -0.4 is 4.74 Å². The Morgan fingerprint density at radius 3 is 2.24 bits per heavy atom. The van der Waals surface area contributed by atoms with Crippen LogP contribution in [-0.2, 0) is 9.72 Å². The van der Waals surface area contributed by atoms with Crippen LogP contribution in [0.2, 0.25) is 0 Å². The predicted molar refractivity (Wildman–Crippen MR) is 80.5 cm³/mol. The first-order valence-electron chi connectivity index (χ1n) is 6.74. The number of benzene rings is 2. The molecule has 0 amide bonds. The van der Waals surface area contributed by atoms with E-state index in [1.165, 1.54) is 0 Å². The van der Waals surface area contributed by atoms with E-state index < -0.39 is 12.8 Å². The Balaban J connectivity index is 2.00. The van der Waals surface area contributed by atoms with Crippen molar-refractivity contribution in [3.8, 4) is 5.75 Å². The summed E-state index contributed by atoms with van der Waals surface area (Å²) in [6.07, 6.45) is 0.466. The molecule has 0 aromatic heterocycles. The largest absolute Gasteiger partial charge is 0.497 e. The van der Waals surface area contributed by atoms with Crippen LogP contribution in [0.4, 0.5) is 0 Å². The van der Waals surface area contributed by atoms with Gasteiger partial charge in [-0.25, -0.2) is 0 Å². The molecule has 0 heterocycles. The summed E-state index contributed by atoms with van der Waals surface area (Å²) in [6.45, 7) is 0. The van der Waals surface area contributed by atoms with E-state index in [-0.39, 0.29) is 5.92 Å². The smallest absolute Gasteiger partial charge is 0.336 e. The molecule has 2 aromatic rings. The fourth-order valence-corrected chi connectivity index (χ4v) is 4.48. The molecule has 110 valence electrons. The summed E-state index contributed by atoms with van der Waals surface area (Å²) in [5.74, 6) is 0.576. The molecule has 1 fully saturated rings. The van der Waals surface area contributed by atoms with Gasteiger partial charge in [-0.15, -0.1) is 0 Å². The van der Waals surface area contributed by atoms with Crippen LogP contribution in [0.1, 0.15) is 23.5 Å². The van der Waals surface area contributed by atoms with Gasteiger partial charge in [-0.1, -0.05) is 42.5 Å². The topological polar surface area (TPSA) is 66.8 Å². The molecule has 2 unspecified atom stereocenters. The molecule has 0 bridgehead atoms. The molecule has 3 rings (SSSR count). The van der Waals surface area contributed by atoms with Crippen LogP contribution in [0.3, 0.4) is 0 Å². The maximum Gasteiger partial charge on any atom is 0.336 e. The molecule has 1 saturated carbocycles. The van der Waals surface area contributed by atoms with Gasteiger partial charge in [0.2, 0.25) is 0 Å². The molecule has 0 saturated heterocycles. The molecular weight excluding hydrogens is 287 g/mol. The zero-order valence-corrected chi connectivity index (χ0v) is 12.5. The minimum absolute atomic E-state index is 0.161. The van der Waals surface area contributed by atoms with Crippen LogP contribution >= 0.6 is 7.60 Å². The summed E-state index contributed by atoms with van der Waals surface area (Å²) in [5, 5.41) is -1.08. The molecule has 2 atom stereocenters. The van der Waals surface area contributed by atoms with Crippen molar-refractivity contribution >= 4 is 7.60 Å². The van der Waals surface area contributed by atoms with E-state index in [4.69, 9.17) is 4.74 Å². The summed E-state index contributed by atoms with van der Waals surface area (Å²) >= 11 is 0. The van der Waals surface area contributed by atoms with Gasteiger partial charge in [0.1, 0.15) is 10.9 Å². The Morgan fingerprint density at radius 2 is 1.71 bits per heavy atom. The summed E-state index contributed by atoms with van der Waals surface area (Å²) < 4.78 is 17.2. The third kappa shape index (κ3) is 2.30. The maximum atomic E-state index is 12.1. The summed E-state index contributed by atoms with van der Waals surface area (Å²) in [5.41, 5.74) is 1.64. The molecule has 1 aliphatic carbocycles. The minimum atomic E-state index is -4.25. The fraction of sp³-hybridized carbons (Fsp3) is 0.250. The average Bonchev–Trinajstić information content (AvgIpc) is 3.25. The van der Waals surface area contributed by atoms with E-state index in [1.807, 2.05) is 42.5 Å². The average molecular weight is 304 g/mol. The monoisotopic (exact) mass is 304 g/mol. The predicted octanol–water partition coefficient (Wildman–Crippen LogP) is 3.26. The Hall–Kier alpha value is -1.61. The number of ether oxygens (including phenoxy) is 1. The van der Waals surface area contributed by atoms with Crippen molar-refractivity contribution < 1.29 is 19.1 Å². The second-order valence-electron chi connectivity index (χ2n) is 5.36. The van der Waals surface area contributed by atoms with Gasteiger partial charge < -0.3 is 14.5 Å². The van der Waals surface area contributed by atoms with Crippen molar-refractivity contribution in [1.29, 1.82) is 0 Å². The zero-order chi connectivity index (χ0) is 15.1. The lowest BCUT2D eigenvalue weighted by Gasteiger charge is -2.20. The summed E-state index contributed by atoms with van der Waals surface area (Å²) in [7, 11) is -2.66. The van der Waals surface area contributed by atoms with Crippen LogP contribution in [-0.4, -0.2) is 16.9 Å². The minimum Gasteiger partial charge on any atom is -0.497 e. The molecule has 21 heavy (non-hydrogen) atoms. The van der Waals surface area contributed by atoms with Crippen LogP contribution in [0.25, 0.3) is 0 Å². The van der Waals surface area contributed by atoms with Crippen molar-refractivity contribution in [2.75, 3.05) is 7.11 Å². The van der Waals surface area contributed by atoms with E-state index in [1.54, 1.807) is 19.2 Å². The second kappa shape index (κ2) is 4.99. The van der Waals surface area contributed by atoms with E-state index in [2.05, 4.69) is 0 Å². The van der Waals surface area contributed by atoms with Gasteiger partial charge in [-0.3, -0.25) is 4.57 Å². The number of rotatable bonds is 4. The van der Waals surface area contributed by atoms with Crippen molar-refractivity contribution in [1.82, 2.24) is 0 Å². The molecule has 0 aliphatic heterocycles. The Labute approximate surface area is 123 Å². The Kier molecular flexibility index (Phi) is 3.40. The second-order valence-corrected chi connectivity index (χ2v) is 7.25. The molecule has 2 aromatic carbocycles. The fourth-order valence-electron chi connectivity index (χ4n) is 3.02. The number of methoxy groups -OCH3 is 1. The lowest BCUT2D eigenvalue weighted by molar-refractivity contribution is 0.353. The first-order valence-corrected chi connectivity index (χ1v) is 8.35. The van der Waals surface area contributed by atoms with Crippen LogP contribution in [0.5, 0.6) is 5.75 Å². The molecular formula is C16H17O4P. The first-order chi connectivity index (χ1) is 9.99. The summed E-state index contributed by atoms with van der Waals surface area (Å²) in [4.78, 5) is 19.8. The molecule has 0 radical (unpaired) electrons. The highest BCUT2D eigenvalue weighted by Gasteiger charge is 2.67. The standard InChI is InChI=1S/C16H17O4P/c1-20-14-9-7-12(8-10-14)15-11-16(15,21(17,18)19)13-5-3-2-4-6-13/h2-10,15H,11H2,1H3,(H2,17,18,19). The van der Waals surface area contributed by atoms with Gasteiger partial charge in [0, 0.05) is 5.92 Å². The van der Waals surface area contributed by atoms with E-state index >= 15 is 0 Å². The SMILES string of the molecule is COc1ccc(C2CC2(c2ccccc2)P(=O)(O)O)cc1. The molecule has 0 spiro atoms. The van der Waals surface area contributed by atoms with Gasteiger partial charge in [0.05, 0.1) is 7.11 Å².